The predicted molar refractivity (Wildman–Crippen MR) is 63.7 cm³/mol. The fourth-order valence-electron chi connectivity index (χ4n) is 2.22. The normalized spacial score (nSPS) is 23.0. The Balaban J connectivity index is 1.74. The maximum absolute atomic E-state index is 3.56. The van der Waals surface area contributed by atoms with Crippen molar-refractivity contribution in [3.63, 3.8) is 0 Å². The monoisotopic (exact) mass is 206 g/mol. The van der Waals surface area contributed by atoms with E-state index in [-0.39, 0.29) is 0 Å². The van der Waals surface area contributed by atoms with E-state index in [4.69, 9.17) is 0 Å². The number of aryl methyl sites for hydroxylation is 1. The zero-order chi connectivity index (χ0) is 10.9. The van der Waals surface area contributed by atoms with Gasteiger partial charge in [0.15, 0.2) is 0 Å². The number of hydrogen-bond donors (Lipinski definition) is 1. The predicted octanol–water partition coefficient (Wildman–Crippen LogP) is 2.64. The maximum atomic E-state index is 3.56. The Morgan fingerprint density at radius 1 is 1.53 bits per heavy atom. The molecule has 15 heavy (non-hydrogen) atoms. The molecule has 0 saturated heterocycles. The van der Waals surface area contributed by atoms with Crippen molar-refractivity contribution in [3.05, 3.63) is 24.0 Å². The Bertz CT molecular complexity index is 325. The fourth-order valence-corrected chi connectivity index (χ4v) is 2.22. The molecule has 2 rings (SSSR count). The average molecular weight is 206 g/mol. The molecule has 1 aromatic heterocycles. The molecule has 1 fully saturated rings. The summed E-state index contributed by atoms with van der Waals surface area (Å²) in [5, 5.41) is 3.56. The van der Waals surface area contributed by atoms with Crippen molar-refractivity contribution in [3.8, 4) is 0 Å². The quantitative estimate of drug-likeness (QED) is 0.783. The van der Waals surface area contributed by atoms with Gasteiger partial charge in [-0.1, -0.05) is 13.8 Å². The molecule has 1 N–H and O–H groups in total. The van der Waals surface area contributed by atoms with Crippen LogP contribution >= 0.6 is 0 Å². The summed E-state index contributed by atoms with van der Waals surface area (Å²) in [4.78, 5) is 0. The third-order valence-corrected chi connectivity index (χ3v) is 3.68. The van der Waals surface area contributed by atoms with Crippen LogP contribution in [0.2, 0.25) is 0 Å². The topological polar surface area (TPSA) is 17.0 Å². The maximum Gasteiger partial charge on any atom is 0.0359 e. The summed E-state index contributed by atoms with van der Waals surface area (Å²) in [6, 6.07) is 4.33. The summed E-state index contributed by atoms with van der Waals surface area (Å²) in [5.41, 5.74) is 2.00. The van der Waals surface area contributed by atoms with Crippen LogP contribution in [0.3, 0.4) is 0 Å². The third-order valence-electron chi connectivity index (χ3n) is 3.68. The lowest BCUT2D eigenvalue weighted by atomic mass is 10.1. The molecule has 2 nitrogen and oxygen atoms in total. The highest BCUT2D eigenvalue weighted by Crippen LogP contribution is 2.50. The summed E-state index contributed by atoms with van der Waals surface area (Å²) < 4.78 is 2.30. The molecule has 1 saturated carbocycles. The van der Waals surface area contributed by atoms with E-state index < -0.39 is 0 Å². The molecule has 84 valence electrons. The third kappa shape index (κ3) is 2.43. The minimum Gasteiger partial charge on any atom is -0.351 e. The summed E-state index contributed by atoms with van der Waals surface area (Å²) >= 11 is 0. The first kappa shape index (κ1) is 10.7. The molecule has 1 aliphatic carbocycles. The highest BCUT2D eigenvalue weighted by molar-refractivity contribution is 5.07. The lowest BCUT2D eigenvalue weighted by Gasteiger charge is -2.08. The van der Waals surface area contributed by atoms with Crippen molar-refractivity contribution < 1.29 is 0 Å². The van der Waals surface area contributed by atoms with Crippen molar-refractivity contribution in [1.29, 1.82) is 0 Å². The smallest absolute Gasteiger partial charge is 0.0359 e. The van der Waals surface area contributed by atoms with Gasteiger partial charge in [-0.15, -0.1) is 0 Å². The molecule has 0 amide bonds. The summed E-state index contributed by atoms with van der Waals surface area (Å²) in [5.74, 6) is 0.891. The van der Waals surface area contributed by atoms with Gasteiger partial charge in [0.2, 0.25) is 0 Å². The van der Waals surface area contributed by atoms with Crippen molar-refractivity contribution >= 4 is 0 Å². The van der Waals surface area contributed by atoms with Gasteiger partial charge >= 0.3 is 0 Å². The molecule has 0 aromatic carbocycles. The zero-order valence-electron chi connectivity index (χ0n) is 10.1. The Kier molecular flexibility index (Phi) is 2.87. The second kappa shape index (κ2) is 4.01. The first-order chi connectivity index (χ1) is 7.13. The first-order valence-corrected chi connectivity index (χ1v) is 5.98. The molecule has 1 heterocycles. The van der Waals surface area contributed by atoms with E-state index in [1.807, 2.05) is 0 Å². The summed E-state index contributed by atoms with van der Waals surface area (Å²) in [6.45, 7) is 10.1. The molecule has 0 spiro atoms. The van der Waals surface area contributed by atoms with E-state index in [2.05, 4.69) is 49.0 Å². The minimum absolute atomic E-state index is 0.597. The van der Waals surface area contributed by atoms with Gasteiger partial charge in [0, 0.05) is 25.0 Å². The highest BCUT2D eigenvalue weighted by Gasteiger charge is 2.44. The molecule has 1 atom stereocenters. The molecule has 1 unspecified atom stereocenters. The number of hydrogen-bond acceptors (Lipinski definition) is 1. The van der Waals surface area contributed by atoms with E-state index in [1.165, 1.54) is 18.7 Å². The second-order valence-electron chi connectivity index (χ2n) is 5.31. The van der Waals surface area contributed by atoms with Crippen LogP contribution in [0.5, 0.6) is 0 Å². The zero-order valence-corrected chi connectivity index (χ0v) is 10.1. The van der Waals surface area contributed by atoms with Crippen LogP contribution in [0, 0.1) is 11.3 Å². The van der Waals surface area contributed by atoms with Crippen molar-refractivity contribution in [2.45, 2.75) is 40.3 Å². The van der Waals surface area contributed by atoms with E-state index >= 15 is 0 Å². The second-order valence-corrected chi connectivity index (χ2v) is 5.31. The number of aromatic nitrogens is 1. The molecule has 0 radical (unpaired) electrons. The SMILES string of the molecule is CCn1cccc1CNCC1CC1(C)C. The minimum atomic E-state index is 0.597. The van der Waals surface area contributed by atoms with Crippen molar-refractivity contribution in [1.82, 2.24) is 9.88 Å². The fraction of sp³-hybridized carbons (Fsp3) is 0.692. The Labute approximate surface area is 92.7 Å². The first-order valence-electron chi connectivity index (χ1n) is 5.98. The lowest BCUT2D eigenvalue weighted by molar-refractivity contribution is 0.512. The van der Waals surface area contributed by atoms with Crippen LogP contribution in [0.4, 0.5) is 0 Å². The molecule has 0 bridgehead atoms. The number of nitrogens with one attached hydrogen (secondary N) is 1. The van der Waals surface area contributed by atoms with E-state index in [9.17, 15) is 0 Å². The number of nitrogens with zero attached hydrogens (tertiary/aromatic N) is 1. The number of rotatable bonds is 5. The largest absolute Gasteiger partial charge is 0.351 e. The van der Waals surface area contributed by atoms with Crippen molar-refractivity contribution in [2.75, 3.05) is 6.54 Å². The molecule has 2 heteroatoms. The van der Waals surface area contributed by atoms with Gasteiger partial charge in [-0.25, -0.2) is 0 Å². The standard InChI is InChI=1S/C13H22N2/c1-4-15-7-5-6-12(15)10-14-9-11-8-13(11,2)3/h5-7,11,14H,4,8-10H2,1-3H3. The summed E-state index contributed by atoms with van der Waals surface area (Å²) in [7, 11) is 0. The van der Waals surface area contributed by atoms with Crippen LogP contribution in [0.15, 0.2) is 18.3 Å². The van der Waals surface area contributed by atoms with Gasteiger partial charge in [0.1, 0.15) is 0 Å². The van der Waals surface area contributed by atoms with Crippen LogP contribution < -0.4 is 5.32 Å². The van der Waals surface area contributed by atoms with Crippen LogP contribution in [0.1, 0.15) is 32.9 Å². The van der Waals surface area contributed by atoms with Gasteiger partial charge in [-0.05, 0) is 43.4 Å². The molecule has 1 aliphatic rings. The van der Waals surface area contributed by atoms with Gasteiger partial charge in [-0.2, -0.15) is 0 Å². The van der Waals surface area contributed by atoms with Gasteiger partial charge < -0.3 is 9.88 Å². The van der Waals surface area contributed by atoms with Crippen LogP contribution in [-0.4, -0.2) is 11.1 Å². The van der Waals surface area contributed by atoms with Gasteiger partial charge in [-0.3, -0.25) is 0 Å². The Morgan fingerprint density at radius 3 is 2.87 bits per heavy atom. The summed E-state index contributed by atoms with van der Waals surface area (Å²) in [6.07, 6.45) is 3.53. The van der Waals surface area contributed by atoms with E-state index in [1.54, 1.807) is 0 Å². The average Bonchev–Trinajstić information content (AvgIpc) is 2.64. The van der Waals surface area contributed by atoms with Crippen molar-refractivity contribution in [2.24, 2.45) is 11.3 Å². The molecular formula is C13H22N2. The van der Waals surface area contributed by atoms with E-state index in [0.29, 0.717) is 5.41 Å². The lowest BCUT2D eigenvalue weighted by Crippen LogP contribution is -2.19. The Hall–Kier alpha value is -0.760. The molecular weight excluding hydrogens is 184 g/mol. The Morgan fingerprint density at radius 2 is 2.27 bits per heavy atom. The van der Waals surface area contributed by atoms with E-state index in [0.717, 1.165) is 19.0 Å². The van der Waals surface area contributed by atoms with Crippen LogP contribution in [-0.2, 0) is 13.1 Å². The van der Waals surface area contributed by atoms with Crippen LogP contribution in [0.25, 0.3) is 0 Å². The van der Waals surface area contributed by atoms with Gasteiger partial charge in [0.25, 0.3) is 0 Å². The molecule has 1 aromatic rings. The van der Waals surface area contributed by atoms with Gasteiger partial charge in [0.05, 0.1) is 0 Å². The molecule has 0 aliphatic heterocycles. The highest BCUT2D eigenvalue weighted by atomic mass is 15.0.